The first-order valence-electron chi connectivity index (χ1n) is 5.04. The van der Waals surface area contributed by atoms with E-state index in [9.17, 15) is 0 Å². The second-order valence-electron chi connectivity index (χ2n) is 3.27. The molecule has 15 heavy (non-hydrogen) atoms. The summed E-state index contributed by atoms with van der Waals surface area (Å²) in [5.74, 6) is 1.38. The van der Waals surface area contributed by atoms with E-state index in [1.165, 1.54) is 6.33 Å². The van der Waals surface area contributed by atoms with E-state index in [0.29, 0.717) is 5.88 Å². The lowest BCUT2D eigenvalue weighted by atomic mass is 10.5. The highest BCUT2D eigenvalue weighted by molar-refractivity contribution is 5.36. The molecule has 5 heteroatoms. The summed E-state index contributed by atoms with van der Waals surface area (Å²) in [6.45, 7) is 5.04. The third-order valence-electron chi connectivity index (χ3n) is 2.19. The first-order chi connectivity index (χ1) is 7.26. The van der Waals surface area contributed by atoms with Crippen LogP contribution in [0.5, 0.6) is 5.88 Å². The minimum atomic E-state index is 0.580. The first kappa shape index (κ1) is 11.7. The van der Waals surface area contributed by atoms with Crippen molar-refractivity contribution < 1.29 is 4.74 Å². The molecular weight excluding hydrogens is 192 g/mol. The van der Waals surface area contributed by atoms with Crippen LogP contribution in [0.4, 0.5) is 5.82 Å². The lowest BCUT2D eigenvalue weighted by molar-refractivity contribution is 0.367. The Morgan fingerprint density at radius 2 is 2.27 bits per heavy atom. The molecule has 1 aromatic heterocycles. The van der Waals surface area contributed by atoms with E-state index in [4.69, 9.17) is 4.74 Å². The van der Waals surface area contributed by atoms with E-state index < -0.39 is 0 Å². The lowest BCUT2D eigenvalue weighted by Gasteiger charge is -2.14. The van der Waals surface area contributed by atoms with Crippen molar-refractivity contribution in [3.8, 4) is 5.88 Å². The van der Waals surface area contributed by atoms with Crippen LogP contribution in [0.1, 0.15) is 6.92 Å². The molecule has 0 saturated carbocycles. The third-order valence-corrected chi connectivity index (χ3v) is 2.19. The summed E-state index contributed by atoms with van der Waals surface area (Å²) in [6.07, 6.45) is 1.49. The summed E-state index contributed by atoms with van der Waals surface area (Å²) in [7, 11) is 3.68. The molecule has 1 aromatic rings. The smallest absolute Gasteiger partial charge is 0.218 e. The Morgan fingerprint density at radius 1 is 1.47 bits per heavy atom. The Hall–Kier alpha value is -1.36. The molecule has 5 nitrogen and oxygen atoms in total. The quantitative estimate of drug-likeness (QED) is 0.754. The van der Waals surface area contributed by atoms with Gasteiger partial charge in [0.1, 0.15) is 12.1 Å². The van der Waals surface area contributed by atoms with Crippen LogP contribution in [0.25, 0.3) is 0 Å². The van der Waals surface area contributed by atoms with Crippen molar-refractivity contribution in [2.75, 3.05) is 39.1 Å². The molecule has 0 atom stereocenters. The molecule has 0 fully saturated rings. The van der Waals surface area contributed by atoms with E-state index in [-0.39, 0.29) is 0 Å². The Morgan fingerprint density at radius 3 is 2.93 bits per heavy atom. The zero-order valence-electron chi connectivity index (χ0n) is 9.53. The van der Waals surface area contributed by atoms with Crippen LogP contribution in [0.15, 0.2) is 12.4 Å². The molecule has 84 valence electrons. The van der Waals surface area contributed by atoms with Gasteiger partial charge in [0.05, 0.1) is 7.11 Å². The van der Waals surface area contributed by atoms with Gasteiger partial charge in [-0.2, -0.15) is 0 Å². The molecule has 0 aliphatic carbocycles. The predicted octanol–water partition coefficient (Wildman–Crippen LogP) is 0.849. The predicted molar refractivity (Wildman–Crippen MR) is 60.2 cm³/mol. The number of nitrogens with zero attached hydrogens (tertiary/aromatic N) is 3. The summed E-state index contributed by atoms with van der Waals surface area (Å²) in [4.78, 5) is 10.3. The highest BCUT2D eigenvalue weighted by Gasteiger charge is 1.98. The lowest BCUT2D eigenvalue weighted by Crippen LogP contribution is -2.24. The minimum Gasteiger partial charge on any atom is -0.481 e. The van der Waals surface area contributed by atoms with Crippen molar-refractivity contribution in [3.05, 3.63) is 12.4 Å². The molecule has 0 amide bonds. The number of anilines is 1. The van der Waals surface area contributed by atoms with Gasteiger partial charge in [-0.1, -0.05) is 6.92 Å². The molecule has 0 bridgehead atoms. The second-order valence-corrected chi connectivity index (χ2v) is 3.27. The molecule has 1 N–H and O–H groups in total. The van der Waals surface area contributed by atoms with Crippen molar-refractivity contribution in [1.82, 2.24) is 14.9 Å². The van der Waals surface area contributed by atoms with Crippen LogP contribution in [0, 0.1) is 0 Å². The van der Waals surface area contributed by atoms with Crippen molar-refractivity contribution in [3.63, 3.8) is 0 Å². The van der Waals surface area contributed by atoms with Gasteiger partial charge in [-0.15, -0.1) is 0 Å². The van der Waals surface area contributed by atoms with Gasteiger partial charge in [0.15, 0.2) is 0 Å². The molecule has 1 heterocycles. The van der Waals surface area contributed by atoms with Crippen LogP contribution in [0.3, 0.4) is 0 Å². The average molecular weight is 210 g/mol. The van der Waals surface area contributed by atoms with Gasteiger partial charge in [-0.05, 0) is 13.6 Å². The Balaban J connectivity index is 2.37. The summed E-state index contributed by atoms with van der Waals surface area (Å²) in [5.41, 5.74) is 0. The van der Waals surface area contributed by atoms with E-state index in [2.05, 4.69) is 34.2 Å². The first-order valence-corrected chi connectivity index (χ1v) is 5.04. The summed E-state index contributed by atoms with van der Waals surface area (Å²) in [6, 6.07) is 1.78. The van der Waals surface area contributed by atoms with Gasteiger partial charge < -0.3 is 15.0 Å². The zero-order chi connectivity index (χ0) is 11.1. The summed E-state index contributed by atoms with van der Waals surface area (Å²) in [5, 5.41) is 3.21. The fourth-order valence-electron chi connectivity index (χ4n) is 1.08. The van der Waals surface area contributed by atoms with E-state index in [1.807, 2.05) is 0 Å². The maximum Gasteiger partial charge on any atom is 0.218 e. The van der Waals surface area contributed by atoms with E-state index >= 15 is 0 Å². The van der Waals surface area contributed by atoms with Crippen LogP contribution in [-0.2, 0) is 0 Å². The van der Waals surface area contributed by atoms with Crippen molar-refractivity contribution in [2.24, 2.45) is 0 Å². The van der Waals surface area contributed by atoms with Gasteiger partial charge in [0.25, 0.3) is 0 Å². The van der Waals surface area contributed by atoms with Crippen LogP contribution >= 0.6 is 0 Å². The SMILES string of the molecule is CCN(C)CCNc1cc(OC)ncn1. The molecular formula is C10H18N4O. The van der Waals surface area contributed by atoms with Gasteiger partial charge in [-0.25, -0.2) is 9.97 Å². The van der Waals surface area contributed by atoms with Crippen LogP contribution < -0.4 is 10.1 Å². The molecule has 0 radical (unpaired) electrons. The number of ether oxygens (including phenoxy) is 1. The Labute approximate surface area is 90.5 Å². The summed E-state index contributed by atoms with van der Waals surface area (Å²) < 4.78 is 5.00. The number of methoxy groups -OCH3 is 1. The monoisotopic (exact) mass is 210 g/mol. The second kappa shape index (κ2) is 6.19. The average Bonchev–Trinajstić information content (AvgIpc) is 2.29. The van der Waals surface area contributed by atoms with Gasteiger partial charge >= 0.3 is 0 Å². The molecule has 0 aliphatic rings. The largest absolute Gasteiger partial charge is 0.481 e. The fourth-order valence-corrected chi connectivity index (χ4v) is 1.08. The minimum absolute atomic E-state index is 0.580. The van der Waals surface area contributed by atoms with Crippen molar-refractivity contribution in [2.45, 2.75) is 6.92 Å². The molecule has 1 rings (SSSR count). The maximum atomic E-state index is 5.00. The highest BCUT2D eigenvalue weighted by Crippen LogP contribution is 2.09. The van der Waals surface area contributed by atoms with Gasteiger partial charge in [0, 0.05) is 19.2 Å². The normalized spacial score (nSPS) is 10.4. The number of nitrogens with one attached hydrogen (secondary N) is 1. The Bertz CT molecular complexity index is 293. The Kier molecular flexibility index (Phi) is 4.83. The number of hydrogen-bond acceptors (Lipinski definition) is 5. The number of aromatic nitrogens is 2. The maximum absolute atomic E-state index is 5.00. The van der Waals surface area contributed by atoms with E-state index in [0.717, 1.165) is 25.5 Å². The van der Waals surface area contributed by atoms with Crippen molar-refractivity contribution in [1.29, 1.82) is 0 Å². The molecule has 0 saturated heterocycles. The standard InChI is InChI=1S/C10H18N4O/c1-4-14(2)6-5-11-9-7-10(15-3)13-8-12-9/h7-8H,4-6H2,1-3H3,(H,11,12,13). The fraction of sp³-hybridized carbons (Fsp3) is 0.600. The van der Waals surface area contributed by atoms with Crippen LogP contribution in [0.2, 0.25) is 0 Å². The van der Waals surface area contributed by atoms with Crippen molar-refractivity contribution >= 4 is 5.82 Å². The van der Waals surface area contributed by atoms with E-state index in [1.54, 1.807) is 13.2 Å². The van der Waals surface area contributed by atoms with Crippen LogP contribution in [-0.4, -0.2) is 48.7 Å². The number of rotatable bonds is 6. The molecule has 0 unspecified atom stereocenters. The highest BCUT2D eigenvalue weighted by atomic mass is 16.5. The van der Waals surface area contributed by atoms with Gasteiger partial charge in [-0.3, -0.25) is 0 Å². The zero-order valence-corrected chi connectivity index (χ0v) is 9.53. The molecule has 0 spiro atoms. The third kappa shape index (κ3) is 4.12. The topological polar surface area (TPSA) is 50.3 Å². The van der Waals surface area contributed by atoms with Gasteiger partial charge in [0.2, 0.25) is 5.88 Å². The number of hydrogen-bond donors (Lipinski definition) is 1. The number of likely N-dealkylation sites (N-methyl/N-ethyl adjacent to an activating group) is 1. The molecule has 0 aromatic carbocycles. The molecule has 0 aliphatic heterocycles. The summed E-state index contributed by atoms with van der Waals surface area (Å²) >= 11 is 0.